The predicted molar refractivity (Wildman–Crippen MR) is 124 cm³/mol. The predicted octanol–water partition coefficient (Wildman–Crippen LogP) is 5.72. The highest BCUT2D eigenvalue weighted by molar-refractivity contribution is 7.80. The molecule has 1 saturated carbocycles. The molecule has 2 N–H and O–H groups in total. The maximum absolute atomic E-state index is 6.15. The minimum absolute atomic E-state index is 0.101. The number of thiocarbonyl (C=S) groups is 1. The van der Waals surface area contributed by atoms with E-state index in [0.29, 0.717) is 22.7 Å². The van der Waals surface area contributed by atoms with E-state index in [1.165, 1.54) is 18.4 Å². The van der Waals surface area contributed by atoms with E-state index in [9.17, 15) is 0 Å². The third-order valence-corrected chi connectivity index (χ3v) is 5.84. The van der Waals surface area contributed by atoms with E-state index in [1.807, 2.05) is 30.3 Å². The van der Waals surface area contributed by atoms with Gasteiger partial charge in [0.25, 0.3) is 0 Å². The Morgan fingerprint density at radius 1 is 1.00 bits per heavy atom. The van der Waals surface area contributed by atoms with E-state index in [1.54, 1.807) is 6.07 Å². The van der Waals surface area contributed by atoms with Crippen molar-refractivity contribution in [3.63, 3.8) is 0 Å². The van der Waals surface area contributed by atoms with Crippen LogP contribution in [0.15, 0.2) is 66.7 Å². The molecule has 0 radical (unpaired) electrons. The molecule has 1 aromatic heterocycles. The average molecular weight is 439 g/mol. The number of rotatable bonds is 6. The Bertz CT molecular complexity index is 995. The van der Waals surface area contributed by atoms with Gasteiger partial charge in [0.1, 0.15) is 10.9 Å². The van der Waals surface area contributed by atoms with Crippen molar-refractivity contribution >= 4 is 34.9 Å². The van der Waals surface area contributed by atoms with Crippen LogP contribution in [0, 0.1) is 0 Å². The fourth-order valence-corrected chi connectivity index (χ4v) is 4.26. The van der Waals surface area contributed by atoms with E-state index in [-0.39, 0.29) is 10.6 Å². The Kier molecular flexibility index (Phi) is 6.45. The van der Waals surface area contributed by atoms with E-state index >= 15 is 0 Å². The zero-order chi connectivity index (χ0) is 20.8. The number of hydrogen-bond acceptors (Lipinski definition) is 4. The van der Waals surface area contributed by atoms with Gasteiger partial charge in [-0.1, -0.05) is 73.0 Å². The molecular weight excluding hydrogens is 416 g/mol. The third-order valence-electron chi connectivity index (χ3n) is 5.40. The van der Waals surface area contributed by atoms with Gasteiger partial charge in [0.2, 0.25) is 11.8 Å². The monoisotopic (exact) mass is 438 g/mol. The first-order chi connectivity index (χ1) is 14.6. The van der Waals surface area contributed by atoms with Gasteiger partial charge in [0.15, 0.2) is 5.11 Å². The van der Waals surface area contributed by atoms with E-state index in [4.69, 9.17) is 28.6 Å². The molecule has 154 valence electrons. The molecule has 0 aliphatic heterocycles. The van der Waals surface area contributed by atoms with Gasteiger partial charge < -0.3 is 15.4 Å². The van der Waals surface area contributed by atoms with Crippen LogP contribution in [0.2, 0.25) is 5.15 Å². The van der Waals surface area contributed by atoms with E-state index in [0.717, 1.165) is 19.4 Å². The average Bonchev–Trinajstić information content (AvgIpc) is 3.24. The zero-order valence-electron chi connectivity index (χ0n) is 16.5. The summed E-state index contributed by atoms with van der Waals surface area (Å²) in [6.07, 6.45) is 4.76. The lowest BCUT2D eigenvalue weighted by Gasteiger charge is -2.30. The lowest BCUT2D eigenvalue weighted by atomic mass is 9.79. The van der Waals surface area contributed by atoms with Crippen molar-refractivity contribution in [1.82, 2.24) is 15.3 Å². The molecule has 0 saturated heterocycles. The van der Waals surface area contributed by atoms with Crippen LogP contribution in [0.3, 0.4) is 0 Å². The summed E-state index contributed by atoms with van der Waals surface area (Å²) in [7, 11) is 0. The summed E-state index contributed by atoms with van der Waals surface area (Å²) in [5.41, 5.74) is 1.46. The lowest BCUT2D eigenvalue weighted by molar-refractivity contribution is 0.435. The van der Waals surface area contributed by atoms with Crippen molar-refractivity contribution in [3.8, 4) is 11.6 Å². The molecular formula is C23H23ClN4OS. The second-order valence-electron chi connectivity index (χ2n) is 7.43. The highest BCUT2D eigenvalue weighted by Crippen LogP contribution is 2.40. The van der Waals surface area contributed by atoms with Crippen LogP contribution in [-0.2, 0) is 5.41 Å². The number of halogens is 1. The first kappa shape index (κ1) is 20.6. The molecule has 2 aromatic carbocycles. The van der Waals surface area contributed by atoms with Crippen molar-refractivity contribution < 1.29 is 4.74 Å². The SMILES string of the molecule is S=C(NCC1(c2ccccc2)CCCC1)Nc1nc(Cl)cc(Oc2ccccc2)n1. The highest BCUT2D eigenvalue weighted by atomic mass is 35.5. The van der Waals surface area contributed by atoms with Crippen LogP contribution < -0.4 is 15.4 Å². The summed E-state index contributed by atoms with van der Waals surface area (Å²) in [6, 6.07) is 21.6. The number of hydrogen-bond donors (Lipinski definition) is 2. The van der Waals surface area contributed by atoms with Gasteiger partial charge in [-0.25, -0.2) is 4.98 Å². The Hall–Kier alpha value is -2.70. The second-order valence-corrected chi connectivity index (χ2v) is 8.22. The topological polar surface area (TPSA) is 59.1 Å². The molecule has 1 aliphatic rings. The number of nitrogens with one attached hydrogen (secondary N) is 2. The van der Waals surface area contributed by atoms with Gasteiger partial charge >= 0.3 is 0 Å². The normalized spacial score (nSPS) is 14.8. The Morgan fingerprint density at radius 2 is 1.67 bits per heavy atom. The van der Waals surface area contributed by atoms with Crippen LogP contribution in [0.25, 0.3) is 0 Å². The summed E-state index contributed by atoms with van der Waals surface area (Å²) in [4.78, 5) is 8.57. The van der Waals surface area contributed by atoms with E-state index in [2.05, 4.69) is 50.9 Å². The fourth-order valence-electron chi connectivity index (χ4n) is 3.92. The molecule has 1 aliphatic carbocycles. The van der Waals surface area contributed by atoms with Crippen LogP contribution in [0.4, 0.5) is 5.95 Å². The zero-order valence-corrected chi connectivity index (χ0v) is 18.0. The van der Waals surface area contributed by atoms with Gasteiger partial charge in [0.05, 0.1) is 0 Å². The van der Waals surface area contributed by atoms with Gasteiger partial charge in [-0.05, 0) is 42.8 Å². The molecule has 5 nitrogen and oxygen atoms in total. The number of aromatic nitrogens is 2. The van der Waals surface area contributed by atoms with Gasteiger partial charge in [-0.3, -0.25) is 0 Å². The maximum atomic E-state index is 6.15. The van der Waals surface area contributed by atoms with Gasteiger partial charge in [0, 0.05) is 18.0 Å². The molecule has 1 fully saturated rings. The summed E-state index contributed by atoms with van der Waals surface area (Å²) >= 11 is 11.6. The van der Waals surface area contributed by atoms with Crippen molar-refractivity contribution in [1.29, 1.82) is 0 Å². The summed E-state index contributed by atoms with van der Waals surface area (Å²) < 4.78 is 5.76. The molecule has 3 aromatic rings. The molecule has 0 spiro atoms. The second kappa shape index (κ2) is 9.41. The molecule has 0 atom stereocenters. The molecule has 1 heterocycles. The Labute approximate surface area is 186 Å². The highest BCUT2D eigenvalue weighted by Gasteiger charge is 2.35. The summed E-state index contributed by atoms with van der Waals surface area (Å²) in [5.74, 6) is 1.32. The molecule has 0 amide bonds. The van der Waals surface area contributed by atoms with Gasteiger partial charge in [-0.15, -0.1) is 0 Å². The van der Waals surface area contributed by atoms with Crippen molar-refractivity contribution in [2.45, 2.75) is 31.1 Å². The Morgan fingerprint density at radius 3 is 2.37 bits per heavy atom. The smallest absolute Gasteiger partial charge is 0.233 e. The van der Waals surface area contributed by atoms with Crippen molar-refractivity contribution in [2.24, 2.45) is 0 Å². The minimum Gasteiger partial charge on any atom is -0.439 e. The number of anilines is 1. The standard InChI is InChI=1S/C23H23ClN4OS/c24-19-15-20(29-18-11-5-2-6-12-18)27-21(26-19)28-22(30)25-16-23(13-7-8-14-23)17-9-3-1-4-10-17/h1-6,9-12,15H,7-8,13-14,16H2,(H2,25,26,27,28,30). The van der Waals surface area contributed by atoms with Gasteiger partial charge in [-0.2, -0.15) is 4.98 Å². The molecule has 0 unspecified atom stereocenters. The fraction of sp³-hybridized carbons (Fsp3) is 0.261. The largest absolute Gasteiger partial charge is 0.439 e. The third kappa shape index (κ3) is 5.07. The van der Waals surface area contributed by atoms with Crippen molar-refractivity contribution in [3.05, 3.63) is 77.4 Å². The van der Waals surface area contributed by atoms with Crippen LogP contribution in [-0.4, -0.2) is 21.6 Å². The number of para-hydroxylation sites is 1. The lowest BCUT2D eigenvalue weighted by Crippen LogP contribution is -2.41. The number of ether oxygens (including phenoxy) is 1. The minimum atomic E-state index is 0.101. The number of benzene rings is 2. The molecule has 4 rings (SSSR count). The first-order valence-corrected chi connectivity index (χ1v) is 10.8. The quantitative estimate of drug-likeness (QED) is 0.379. The molecule has 7 heteroatoms. The van der Waals surface area contributed by atoms with Crippen molar-refractivity contribution in [2.75, 3.05) is 11.9 Å². The summed E-state index contributed by atoms with van der Waals surface area (Å²) in [6.45, 7) is 0.761. The van der Waals surface area contributed by atoms with Crippen LogP contribution >= 0.6 is 23.8 Å². The molecule has 30 heavy (non-hydrogen) atoms. The number of nitrogens with zero attached hydrogens (tertiary/aromatic N) is 2. The Balaban J connectivity index is 1.41. The summed E-state index contributed by atoms with van der Waals surface area (Å²) in [5, 5.41) is 7.13. The van der Waals surface area contributed by atoms with Crippen LogP contribution in [0.1, 0.15) is 31.2 Å². The maximum Gasteiger partial charge on any atom is 0.233 e. The van der Waals surface area contributed by atoms with Crippen LogP contribution in [0.5, 0.6) is 11.6 Å². The van der Waals surface area contributed by atoms with E-state index < -0.39 is 0 Å². The molecule has 0 bridgehead atoms. The first-order valence-electron chi connectivity index (χ1n) is 10.0.